The molecule has 1 amide bonds. The molecule has 5 nitrogen and oxygen atoms in total. The molecule has 0 spiro atoms. The van der Waals surface area contributed by atoms with Gasteiger partial charge in [-0.25, -0.2) is 0 Å². The topological polar surface area (TPSA) is 59.2 Å². The summed E-state index contributed by atoms with van der Waals surface area (Å²) >= 11 is 0. The largest absolute Gasteiger partial charge is 0.349 e. The molecular weight excluding hydrogens is 290 g/mol. The second kappa shape index (κ2) is 5.48. The summed E-state index contributed by atoms with van der Waals surface area (Å²) in [4.78, 5) is 19.0. The molecular formula is C18H21N3O2. The minimum absolute atomic E-state index is 0.00665. The van der Waals surface area contributed by atoms with Crippen molar-refractivity contribution >= 4 is 5.91 Å². The Morgan fingerprint density at radius 2 is 1.91 bits per heavy atom. The fourth-order valence-corrected chi connectivity index (χ4v) is 4.38. The van der Waals surface area contributed by atoms with E-state index in [2.05, 4.69) is 10.1 Å². The third-order valence-electron chi connectivity index (χ3n) is 5.40. The highest BCUT2D eigenvalue weighted by molar-refractivity contribution is 5.80. The Kier molecular flexibility index (Phi) is 3.43. The van der Waals surface area contributed by atoms with E-state index in [0.717, 1.165) is 24.8 Å². The van der Waals surface area contributed by atoms with Crippen LogP contribution in [0.2, 0.25) is 0 Å². The molecule has 0 N–H and O–H groups in total. The van der Waals surface area contributed by atoms with Crippen LogP contribution in [0.3, 0.4) is 0 Å². The fourth-order valence-electron chi connectivity index (χ4n) is 4.38. The molecule has 2 bridgehead atoms. The SMILES string of the molecule is CN(C)C(=O)[C@H]1[C@H]2CC[C@H](C2)[C@@H]1c1nc(-c2ccccc2)no1. The summed E-state index contributed by atoms with van der Waals surface area (Å²) in [6.45, 7) is 0. The minimum Gasteiger partial charge on any atom is -0.349 e. The standard InChI is InChI=1S/C18H21N3O2/c1-21(2)18(22)15-13-9-8-12(10-13)14(15)17-19-16(20-23-17)11-6-4-3-5-7-11/h3-7,12-15H,8-10H2,1-2H3/t12-,13+,14+,15+/m1/s1. The predicted octanol–water partition coefficient (Wildman–Crippen LogP) is 2.95. The lowest BCUT2D eigenvalue weighted by Crippen LogP contribution is -2.36. The van der Waals surface area contributed by atoms with Gasteiger partial charge >= 0.3 is 0 Å². The first-order valence-electron chi connectivity index (χ1n) is 8.25. The number of nitrogens with zero attached hydrogens (tertiary/aromatic N) is 3. The Hall–Kier alpha value is -2.17. The molecule has 0 unspecified atom stereocenters. The number of aromatic nitrogens is 2. The molecule has 4 atom stereocenters. The second-order valence-corrected chi connectivity index (χ2v) is 6.94. The third-order valence-corrected chi connectivity index (χ3v) is 5.40. The Bertz CT molecular complexity index is 710. The van der Waals surface area contributed by atoms with Crippen LogP contribution in [0.5, 0.6) is 0 Å². The Morgan fingerprint density at radius 1 is 1.17 bits per heavy atom. The van der Waals surface area contributed by atoms with Gasteiger partial charge < -0.3 is 9.42 Å². The van der Waals surface area contributed by atoms with Gasteiger partial charge in [0, 0.05) is 19.7 Å². The van der Waals surface area contributed by atoms with Gasteiger partial charge in [0.25, 0.3) is 0 Å². The summed E-state index contributed by atoms with van der Waals surface area (Å²) in [6.07, 6.45) is 3.42. The van der Waals surface area contributed by atoms with E-state index in [9.17, 15) is 4.79 Å². The molecule has 0 aliphatic heterocycles. The van der Waals surface area contributed by atoms with Crippen molar-refractivity contribution in [1.82, 2.24) is 15.0 Å². The zero-order valence-corrected chi connectivity index (χ0v) is 13.5. The molecule has 0 radical (unpaired) electrons. The summed E-state index contributed by atoms with van der Waals surface area (Å²) in [7, 11) is 3.66. The highest BCUT2D eigenvalue weighted by Gasteiger charge is 2.53. The molecule has 5 heteroatoms. The van der Waals surface area contributed by atoms with Gasteiger partial charge in [0.2, 0.25) is 17.6 Å². The molecule has 1 aromatic heterocycles. The lowest BCUT2D eigenvalue weighted by molar-refractivity contribution is -0.135. The van der Waals surface area contributed by atoms with Crippen molar-refractivity contribution in [2.75, 3.05) is 14.1 Å². The van der Waals surface area contributed by atoms with Crippen LogP contribution < -0.4 is 0 Å². The van der Waals surface area contributed by atoms with Crippen molar-refractivity contribution in [3.63, 3.8) is 0 Å². The van der Waals surface area contributed by atoms with E-state index in [4.69, 9.17) is 4.52 Å². The third kappa shape index (κ3) is 2.35. The van der Waals surface area contributed by atoms with Crippen molar-refractivity contribution in [2.24, 2.45) is 17.8 Å². The number of rotatable bonds is 3. The van der Waals surface area contributed by atoms with E-state index >= 15 is 0 Å². The van der Waals surface area contributed by atoms with Crippen molar-refractivity contribution in [1.29, 1.82) is 0 Å². The highest BCUT2D eigenvalue weighted by Crippen LogP contribution is 2.56. The van der Waals surface area contributed by atoms with E-state index < -0.39 is 0 Å². The molecule has 2 fully saturated rings. The maximum absolute atomic E-state index is 12.6. The summed E-state index contributed by atoms with van der Waals surface area (Å²) in [5.41, 5.74) is 0.946. The average molecular weight is 311 g/mol. The van der Waals surface area contributed by atoms with Gasteiger partial charge in [-0.05, 0) is 31.1 Å². The van der Waals surface area contributed by atoms with Crippen molar-refractivity contribution in [2.45, 2.75) is 25.2 Å². The zero-order valence-electron chi connectivity index (χ0n) is 13.5. The molecule has 2 aliphatic carbocycles. The quantitative estimate of drug-likeness (QED) is 0.874. The van der Waals surface area contributed by atoms with Crippen LogP contribution in [0.4, 0.5) is 0 Å². The van der Waals surface area contributed by atoms with Crippen LogP contribution in [-0.2, 0) is 4.79 Å². The smallest absolute Gasteiger partial charge is 0.231 e. The molecule has 2 saturated carbocycles. The van der Waals surface area contributed by atoms with Gasteiger partial charge in [0.15, 0.2) is 0 Å². The number of benzene rings is 1. The lowest BCUT2D eigenvalue weighted by atomic mass is 9.78. The van der Waals surface area contributed by atoms with Gasteiger partial charge in [-0.3, -0.25) is 4.79 Å². The van der Waals surface area contributed by atoms with Crippen LogP contribution in [0.1, 0.15) is 31.1 Å². The van der Waals surface area contributed by atoms with Crippen LogP contribution in [0.25, 0.3) is 11.4 Å². The first-order valence-corrected chi connectivity index (χ1v) is 8.25. The van der Waals surface area contributed by atoms with E-state index in [1.807, 2.05) is 44.4 Å². The predicted molar refractivity (Wildman–Crippen MR) is 85.5 cm³/mol. The molecule has 23 heavy (non-hydrogen) atoms. The number of hydrogen-bond acceptors (Lipinski definition) is 4. The summed E-state index contributed by atoms with van der Waals surface area (Å²) in [6, 6.07) is 9.82. The van der Waals surface area contributed by atoms with Gasteiger partial charge in [-0.2, -0.15) is 4.98 Å². The normalized spacial score (nSPS) is 29.0. The van der Waals surface area contributed by atoms with Crippen LogP contribution in [0.15, 0.2) is 34.9 Å². The van der Waals surface area contributed by atoms with Gasteiger partial charge in [-0.1, -0.05) is 35.5 Å². The van der Waals surface area contributed by atoms with Crippen LogP contribution >= 0.6 is 0 Å². The summed E-state index contributed by atoms with van der Waals surface area (Å²) in [5.74, 6) is 2.48. The van der Waals surface area contributed by atoms with E-state index in [1.165, 1.54) is 0 Å². The molecule has 2 aliphatic rings. The maximum atomic E-state index is 12.6. The van der Waals surface area contributed by atoms with Gasteiger partial charge in [0.1, 0.15) is 0 Å². The van der Waals surface area contributed by atoms with Gasteiger partial charge in [0.05, 0.1) is 11.8 Å². The minimum atomic E-state index is -0.00665. The summed E-state index contributed by atoms with van der Waals surface area (Å²) in [5, 5.41) is 4.14. The number of fused-ring (bicyclic) bond motifs is 2. The molecule has 120 valence electrons. The Labute approximate surface area is 135 Å². The number of carbonyl (C=O) groups excluding carboxylic acids is 1. The second-order valence-electron chi connectivity index (χ2n) is 6.94. The maximum Gasteiger partial charge on any atom is 0.231 e. The van der Waals surface area contributed by atoms with E-state index in [0.29, 0.717) is 23.6 Å². The highest BCUT2D eigenvalue weighted by atomic mass is 16.5. The Balaban J connectivity index is 1.66. The van der Waals surface area contributed by atoms with E-state index in [1.54, 1.807) is 4.90 Å². The zero-order chi connectivity index (χ0) is 16.0. The molecule has 1 aromatic carbocycles. The molecule has 0 saturated heterocycles. The average Bonchev–Trinajstić information content (AvgIpc) is 3.29. The van der Waals surface area contributed by atoms with E-state index in [-0.39, 0.29) is 17.7 Å². The Morgan fingerprint density at radius 3 is 2.65 bits per heavy atom. The number of amides is 1. The van der Waals surface area contributed by atoms with Crippen LogP contribution in [0, 0.1) is 17.8 Å². The molecule has 1 heterocycles. The molecule has 4 rings (SSSR count). The number of hydrogen-bond donors (Lipinski definition) is 0. The van der Waals surface area contributed by atoms with Crippen molar-refractivity contribution in [3.05, 3.63) is 36.2 Å². The number of carbonyl (C=O) groups is 1. The van der Waals surface area contributed by atoms with Crippen LogP contribution in [-0.4, -0.2) is 35.0 Å². The first kappa shape index (κ1) is 14.4. The lowest BCUT2D eigenvalue weighted by Gasteiger charge is -2.29. The van der Waals surface area contributed by atoms with Crippen molar-refractivity contribution in [3.8, 4) is 11.4 Å². The first-order chi connectivity index (χ1) is 11.1. The monoisotopic (exact) mass is 311 g/mol. The summed E-state index contributed by atoms with van der Waals surface area (Å²) < 4.78 is 5.58. The fraction of sp³-hybridized carbons (Fsp3) is 0.500. The molecule has 2 aromatic rings. The van der Waals surface area contributed by atoms with Gasteiger partial charge in [-0.15, -0.1) is 0 Å². The van der Waals surface area contributed by atoms with Crippen molar-refractivity contribution < 1.29 is 9.32 Å².